The second-order valence-corrected chi connectivity index (χ2v) is 9.68. The predicted octanol–water partition coefficient (Wildman–Crippen LogP) is 4.42. The highest BCUT2D eigenvalue weighted by molar-refractivity contribution is 8.00. The van der Waals surface area contributed by atoms with E-state index in [-0.39, 0.29) is 22.5 Å². The number of carbonyl (C=O) groups is 2. The molecule has 0 atom stereocenters. The van der Waals surface area contributed by atoms with E-state index < -0.39 is 4.92 Å². The fraction of sp³-hybridized carbons (Fsp3) is 0.391. The van der Waals surface area contributed by atoms with E-state index in [1.807, 2.05) is 36.9 Å². The van der Waals surface area contributed by atoms with Crippen molar-refractivity contribution >= 4 is 35.1 Å². The van der Waals surface area contributed by atoms with Gasteiger partial charge in [-0.3, -0.25) is 14.9 Å². The molecule has 2 fully saturated rings. The summed E-state index contributed by atoms with van der Waals surface area (Å²) in [5.74, 6) is 0.728. The fourth-order valence-corrected chi connectivity index (χ4v) is 5.79. The Morgan fingerprint density at radius 3 is 2.41 bits per heavy atom. The van der Waals surface area contributed by atoms with Crippen LogP contribution in [-0.2, 0) is 0 Å². The Morgan fingerprint density at radius 2 is 1.75 bits per heavy atom. The smallest absolute Gasteiger partial charge is 0.321 e. The summed E-state index contributed by atoms with van der Waals surface area (Å²) in [6.07, 6.45) is 1.38. The molecule has 2 saturated heterocycles. The molecule has 0 saturated carbocycles. The molecule has 168 valence electrons. The van der Waals surface area contributed by atoms with Crippen LogP contribution in [0.5, 0.6) is 0 Å². The molecule has 1 spiro atoms. The van der Waals surface area contributed by atoms with E-state index in [1.54, 1.807) is 16.7 Å². The van der Waals surface area contributed by atoms with Crippen LogP contribution in [-0.4, -0.2) is 56.9 Å². The van der Waals surface area contributed by atoms with Crippen LogP contribution in [0.25, 0.3) is 0 Å². The summed E-state index contributed by atoms with van der Waals surface area (Å²) in [5, 5.41) is 13.9. The van der Waals surface area contributed by atoms with Crippen LogP contribution in [0, 0.1) is 24.0 Å². The molecular weight excluding hydrogens is 428 g/mol. The number of benzene rings is 2. The van der Waals surface area contributed by atoms with E-state index in [9.17, 15) is 19.7 Å². The molecule has 1 N–H and O–H groups in total. The number of urea groups is 1. The summed E-state index contributed by atoms with van der Waals surface area (Å²) in [6.45, 7) is 5.77. The van der Waals surface area contributed by atoms with Gasteiger partial charge >= 0.3 is 6.03 Å². The van der Waals surface area contributed by atoms with E-state index >= 15 is 0 Å². The molecule has 0 radical (unpaired) electrons. The first kappa shape index (κ1) is 22.1. The lowest BCUT2D eigenvalue weighted by atomic mass is 10.0. The van der Waals surface area contributed by atoms with E-state index in [2.05, 4.69) is 5.32 Å². The number of aryl methyl sites for hydroxylation is 1. The molecule has 2 heterocycles. The van der Waals surface area contributed by atoms with Crippen molar-refractivity contribution in [2.45, 2.75) is 31.6 Å². The number of nitrogens with zero attached hydrogens (tertiary/aromatic N) is 3. The van der Waals surface area contributed by atoms with Gasteiger partial charge in [-0.05, 0) is 56.0 Å². The Bertz CT molecular complexity index is 1050. The topological polar surface area (TPSA) is 95.8 Å². The molecule has 2 aromatic rings. The van der Waals surface area contributed by atoms with Gasteiger partial charge in [0.1, 0.15) is 0 Å². The first-order valence-corrected chi connectivity index (χ1v) is 11.6. The van der Waals surface area contributed by atoms with Crippen molar-refractivity contribution in [3.63, 3.8) is 0 Å². The number of hydrogen-bond acceptors (Lipinski definition) is 5. The highest BCUT2D eigenvalue weighted by Gasteiger charge is 2.47. The summed E-state index contributed by atoms with van der Waals surface area (Å²) < 4.78 is 0. The van der Waals surface area contributed by atoms with Gasteiger partial charge in [-0.15, -0.1) is 11.8 Å². The lowest BCUT2D eigenvalue weighted by molar-refractivity contribution is -0.384. The van der Waals surface area contributed by atoms with Gasteiger partial charge in [0, 0.05) is 48.8 Å². The standard InChI is InChI=1S/C23H26N4O4S/c1-16-4-3-5-20(17(16)2)24-22(29)25-12-10-23(11-13-25)26(14-15-32-23)21(28)18-6-8-19(9-7-18)27(30)31/h3-9H,10-15H2,1-2H3,(H,24,29). The van der Waals surface area contributed by atoms with Crippen LogP contribution in [0.2, 0.25) is 0 Å². The lowest BCUT2D eigenvalue weighted by Gasteiger charge is -2.44. The third kappa shape index (κ3) is 4.17. The number of rotatable bonds is 3. The van der Waals surface area contributed by atoms with E-state index in [4.69, 9.17) is 0 Å². The Labute approximate surface area is 191 Å². The summed E-state index contributed by atoms with van der Waals surface area (Å²) in [7, 11) is 0. The number of nitro benzene ring substituents is 1. The molecule has 0 aromatic heterocycles. The average Bonchev–Trinajstić information content (AvgIpc) is 3.19. The highest BCUT2D eigenvalue weighted by atomic mass is 32.2. The lowest BCUT2D eigenvalue weighted by Crippen LogP contribution is -2.54. The maximum Gasteiger partial charge on any atom is 0.321 e. The minimum Gasteiger partial charge on any atom is -0.324 e. The summed E-state index contributed by atoms with van der Waals surface area (Å²) >= 11 is 1.77. The van der Waals surface area contributed by atoms with Gasteiger partial charge < -0.3 is 15.1 Å². The first-order chi connectivity index (χ1) is 15.3. The largest absolute Gasteiger partial charge is 0.324 e. The van der Waals surface area contributed by atoms with Crippen LogP contribution in [0.15, 0.2) is 42.5 Å². The number of nitrogens with one attached hydrogen (secondary N) is 1. The molecule has 3 amide bonds. The fourth-order valence-electron chi connectivity index (χ4n) is 4.33. The number of carbonyl (C=O) groups excluding carboxylic acids is 2. The van der Waals surface area contributed by atoms with Gasteiger partial charge in [-0.1, -0.05) is 12.1 Å². The number of thioether (sulfide) groups is 1. The van der Waals surface area contributed by atoms with Gasteiger partial charge in [0.15, 0.2) is 0 Å². The van der Waals surface area contributed by atoms with Crippen molar-refractivity contribution < 1.29 is 14.5 Å². The van der Waals surface area contributed by atoms with Crippen LogP contribution in [0.4, 0.5) is 16.2 Å². The molecule has 8 nitrogen and oxygen atoms in total. The molecule has 0 unspecified atom stereocenters. The van der Waals surface area contributed by atoms with Crippen LogP contribution in [0.1, 0.15) is 34.3 Å². The molecule has 2 aliphatic heterocycles. The zero-order valence-corrected chi connectivity index (χ0v) is 19.0. The second-order valence-electron chi connectivity index (χ2n) is 8.22. The van der Waals surface area contributed by atoms with Crippen LogP contribution < -0.4 is 5.32 Å². The molecule has 0 bridgehead atoms. The summed E-state index contributed by atoms with van der Waals surface area (Å²) in [5.41, 5.74) is 3.42. The van der Waals surface area contributed by atoms with Crippen molar-refractivity contribution in [2.75, 3.05) is 30.7 Å². The van der Waals surface area contributed by atoms with Crippen molar-refractivity contribution in [3.05, 3.63) is 69.3 Å². The van der Waals surface area contributed by atoms with Gasteiger partial charge in [0.05, 0.1) is 9.79 Å². The molecule has 4 rings (SSSR count). The Hall–Kier alpha value is -3.07. The number of hydrogen-bond donors (Lipinski definition) is 1. The van der Waals surface area contributed by atoms with Crippen LogP contribution >= 0.6 is 11.8 Å². The number of anilines is 1. The van der Waals surface area contributed by atoms with Crippen molar-refractivity contribution in [1.82, 2.24) is 9.80 Å². The van der Waals surface area contributed by atoms with Gasteiger partial charge in [-0.25, -0.2) is 4.79 Å². The molecule has 32 heavy (non-hydrogen) atoms. The monoisotopic (exact) mass is 454 g/mol. The third-order valence-corrected chi connectivity index (χ3v) is 7.98. The second kappa shape index (κ2) is 8.82. The molecule has 9 heteroatoms. The maximum absolute atomic E-state index is 13.2. The van der Waals surface area contributed by atoms with Gasteiger partial charge in [-0.2, -0.15) is 0 Å². The number of likely N-dealkylation sites (tertiary alicyclic amines) is 1. The first-order valence-electron chi connectivity index (χ1n) is 10.6. The normalized spacial score (nSPS) is 17.4. The highest BCUT2D eigenvalue weighted by Crippen LogP contribution is 2.44. The number of nitro groups is 1. The van der Waals surface area contributed by atoms with Crippen molar-refractivity contribution in [3.8, 4) is 0 Å². The average molecular weight is 455 g/mol. The van der Waals surface area contributed by atoms with E-state index in [0.717, 1.165) is 22.6 Å². The molecule has 0 aliphatic carbocycles. The zero-order valence-electron chi connectivity index (χ0n) is 18.2. The van der Waals surface area contributed by atoms with Crippen LogP contribution in [0.3, 0.4) is 0 Å². The quantitative estimate of drug-likeness (QED) is 0.547. The van der Waals surface area contributed by atoms with Gasteiger partial charge in [0.25, 0.3) is 11.6 Å². The number of piperidine rings is 1. The van der Waals surface area contributed by atoms with E-state index in [0.29, 0.717) is 38.0 Å². The van der Waals surface area contributed by atoms with Crippen molar-refractivity contribution in [2.24, 2.45) is 0 Å². The van der Waals surface area contributed by atoms with Crippen molar-refractivity contribution in [1.29, 1.82) is 0 Å². The Morgan fingerprint density at radius 1 is 1.06 bits per heavy atom. The molecule has 2 aliphatic rings. The Balaban J connectivity index is 1.42. The maximum atomic E-state index is 13.2. The SMILES string of the molecule is Cc1cccc(NC(=O)N2CCC3(CC2)SCCN3C(=O)c2ccc([N+](=O)[O-])cc2)c1C. The minimum atomic E-state index is -0.472. The zero-order chi connectivity index (χ0) is 22.9. The molecule has 2 aromatic carbocycles. The molecular formula is C23H26N4O4S. The summed E-state index contributed by atoms with van der Waals surface area (Å²) in [6, 6.07) is 11.5. The van der Waals surface area contributed by atoms with E-state index in [1.165, 1.54) is 24.3 Å². The number of non-ortho nitro benzene ring substituents is 1. The summed E-state index contributed by atoms with van der Waals surface area (Å²) in [4.78, 5) is 39.8. The third-order valence-electron chi connectivity index (χ3n) is 6.43. The predicted molar refractivity (Wildman–Crippen MR) is 125 cm³/mol. The Kier molecular flexibility index (Phi) is 6.10. The number of amides is 3. The minimum absolute atomic E-state index is 0.0322. The van der Waals surface area contributed by atoms with Gasteiger partial charge in [0.2, 0.25) is 0 Å².